The average molecular weight is 558 g/mol. The minimum Gasteiger partial charge on any atom is -0.489 e. The second kappa shape index (κ2) is 14.1. The van der Waals surface area contributed by atoms with Crippen LogP contribution in [0.5, 0.6) is 5.75 Å². The van der Waals surface area contributed by atoms with Crippen molar-refractivity contribution in [2.45, 2.75) is 24.8 Å². The summed E-state index contributed by atoms with van der Waals surface area (Å²) in [6, 6.07) is 16.1. The highest BCUT2D eigenvalue weighted by atomic mass is 32.2. The number of carbonyl (C=O) groups is 2. The first kappa shape index (κ1) is 29.4. The van der Waals surface area contributed by atoms with Crippen molar-refractivity contribution in [1.82, 2.24) is 4.90 Å². The molecule has 0 saturated carbocycles. The Labute approximate surface area is 229 Å². The Bertz CT molecular complexity index is 1340. The molecule has 0 unspecified atom stereocenters. The number of esters is 1. The van der Waals surface area contributed by atoms with Gasteiger partial charge in [0.1, 0.15) is 24.7 Å². The van der Waals surface area contributed by atoms with E-state index in [9.17, 15) is 18.4 Å². The first-order chi connectivity index (χ1) is 18.7. The summed E-state index contributed by atoms with van der Waals surface area (Å²) in [5.74, 6) is -2.32. The summed E-state index contributed by atoms with van der Waals surface area (Å²) < 4.78 is 38.3. The number of nitrogens with two attached hydrogens (primary N) is 1. The quantitative estimate of drug-likeness (QED) is 0.0798. The largest absolute Gasteiger partial charge is 0.489 e. The molecule has 0 aliphatic rings. The number of carbonyl (C=O) groups excluding carboxylic acids is 2. The first-order valence-electron chi connectivity index (χ1n) is 12.0. The van der Waals surface area contributed by atoms with Gasteiger partial charge in [0.05, 0.1) is 6.61 Å². The number of halogens is 2. The van der Waals surface area contributed by atoms with E-state index in [1.807, 2.05) is 0 Å². The van der Waals surface area contributed by atoms with Crippen molar-refractivity contribution in [3.8, 4) is 16.9 Å². The fourth-order valence-corrected chi connectivity index (χ4v) is 4.33. The molecule has 3 rings (SSSR count). The van der Waals surface area contributed by atoms with Crippen molar-refractivity contribution in [3.63, 3.8) is 0 Å². The summed E-state index contributed by atoms with van der Waals surface area (Å²) in [5, 5.41) is 11.7. The lowest BCUT2D eigenvalue weighted by Crippen LogP contribution is -2.38. The van der Waals surface area contributed by atoms with E-state index in [2.05, 4.69) is 5.16 Å². The maximum absolute atomic E-state index is 13.8. The molecule has 11 heteroatoms. The van der Waals surface area contributed by atoms with E-state index < -0.39 is 23.5 Å². The van der Waals surface area contributed by atoms with Crippen LogP contribution in [0, 0.1) is 11.6 Å². The lowest BCUT2D eigenvalue weighted by atomic mass is 10.1. The molecule has 0 aliphatic carbocycles. The number of benzene rings is 3. The number of ether oxygens (including phenoxy) is 2. The lowest BCUT2D eigenvalue weighted by molar-refractivity contribution is -0.143. The highest BCUT2D eigenvalue weighted by Crippen LogP contribution is 2.33. The molecule has 0 bridgehead atoms. The second-order valence-electron chi connectivity index (χ2n) is 8.35. The predicted octanol–water partition coefficient (Wildman–Crippen LogP) is 5.07. The van der Waals surface area contributed by atoms with Crippen LogP contribution in [0.15, 0.2) is 70.7 Å². The van der Waals surface area contributed by atoms with Crippen LogP contribution >= 0.6 is 11.8 Å². The van der Waals surface area contributed by atoms with E-state index in [-0.39, 0.29) is 38.6 Å². The van der Waals surface area contributed by atoms with E-state index in [0.717, 1.165) is 0 Å². The zero-order valence-electron chi connectivity index (χ0n) is 21.5. The molecule has 3 aromatic rings. The number of hydrogen-bond donors (Lipinski definition) is 2. The third-order valence-electron chi connectivity index (χ3n) is 5.67. The summed E-state index contributed by atoms with van der Waals surface area (Å²) in [5.41, 5.74) is 7.87. The van der Waals surface area contributed by atoms with Crippen molar-refractivity contribution in [2.75, 3.05) is 26.0 Å². The van der Waals surface area contributed by atoms with E-state index in [0.29, 0.717) is 32.9 Å². The van der Waals surface area contributed by atoms with Gasteiger partial charge in [-0.1, -0.05) is 29.4 Å². The van der Waals surface area contributed by atoms with Gasteiger partial charge in [-0.2, -0.15) is 0 Å². The Hall–Kier alpha value is -4.12. The number of nitrogens with zero attached hydrogens (tertiary/aromatic N) is 2. The zero-order chi connectivity index (χ0) is 28.4. The normalized spacial score (nSPS) is 11.2. The molecule has 206 valence electrons. The fourth-order valence-electron chi connectivity index (χ4n) is 3.71. The first-order valence-corrected chi connectivity index (χ1v) is 13.2. The Morgan fingerprint density at radius 1 is 1.08 bits per heavy atom. The maximum atomic E-state index is 13.8. The number of amidine groups is 1. The van der Waals surface area contributed by atoms with E-state index in [4.69, 9.17) is 20.4 Å². The van der Waals surface area contributed by atoms with Gasteiger partial charge >= 0.3 is 5.97 Å². The molecule has 0 atom stereocenters. The van der Waals surface area contributed by atoms with E-state index in [1.54, 1.807) is 61.7 Å². The van der Waals surface area contributed by atoms with E-state index in [1.165, 1.54) is 28.8 Å². The van der Waals surface area contributed by atoms with E-state index >= 15 is 0 Å². The Morgan fingerprint density at radius 2 is 1.79 bits per heavy atom. The molecule has 3 aromatic carbocycles. The molecule has 8 nitrogen and oxygen atoms in total. The summed E-state index contributed by atoms with van der Waals surface area (Å²) in [6.07, 6.45) is 1.87. The maximum Gasteiger partial charge on any atom is 0.325 e. The summed E-state index contributed by atoms with van der Waals surface area (Å²) in [4.78, 5) is 27.1. The minimum atomic E-state index is -0.914. The Kier molecular flexibility index (Phi) is 10.7. The molecule has 0 heterocycles. The molecule has 0 saturated heterocycles. The minimum absolute atomic E-state index is 0.0524. The van der Waals surface area contributed by atoms with Crippen LogP contribution in [0.1, 0.15) is 29.3 Å². The second-order valence-corrected chi connectivity index (χ2v) is 9.20. The molecule has 39 heavy (non-hydrogen) atoms. The summed E-state index contributed by atoms with van der Waals surface area (Å²) >= 11 is 1.32. The van der Waals surface area contributed by atoms with Gasteiger partial charge in [-0.25, -0.2) is 8.78 Å². The highest BCUT2D eigenvalue weighted by Gasteiger charge is 2.20. The van der Waals surface area contributed by atoms with Gasteiger partial charge in [0, 0.05) is 23.4 Å². The van der Waals surface area contributed by atoms with Crippen LogP contribution in [0.25, 0.3) is 11.1 Å². The average Bonchev–Trinajstić information content (AvgIpc) is 2.95. The van der Waals surface area contributed by atoms with Gasteiger partial charge in [-0.3, -0.25) is 9.59 Å². The van der Waals surface area contributed by atoms with Crippen LogP contribution in [0.3, 0.4) is 0 Å². The molecule has 0 fully saturated rings. The number of amides is 1. The van der Waals surface area contributed by atoms with Crippen molar-refractivity contribution in [3.05, 3.63) is 83.4 Å². The van der Waals surface area contributed by atoms with Crippen LogP contribution in [0.4, 0.5) is 8.78 Å². The number of hydrogen-bond acceptors (Lipinski definition) is 7. The molecule has 0 aromatic heterocycles. The van der Waals surface area contributed by atoms with Gasteiger partial charge in [0.25, 0.3) is 5.91 Å². The lowest BCUT2D eigenvalue weighted by Gasteiger charge is -2.22. The third kappa shape index (κ3) is 8.18. The summed E-state index contributed by atoms with van der Waals surface area (Å²) in [6.45, 7) is 1.77. The molecule has 0 radical (unpaired) electrons. The van der Waals surface area contributed by atoms with Gasteiger partial charge in [-0.15, -0.1) is 11.8 Å². The van der Waals surface area contributed by atoms with Crippen LogP contribution in [-0.2, 0) is 16.1 Å². The van der Waals surface area contributed by atoms with Gasteiger partial charge in [0.2, 0.25) is 0 Å². The zero-order valence-corrected chi connectivity index (χ0v) is 22.3. The molecule has 0 spiro atoms. The molecule has 0 aliphatic heterocycles. The van der Waals surface area contributed by atoms with Gasteiger partial charge in [-0.05, 0) is 66.3 Å². The van der Waals surface area contributed by atoms with Crippen molar-refractivity contribution >= 4 is 29.5 Å². The van der Waals surface area contributed by atoms with Crippen molar-refractivity contribution < 1.29 is 33.1 Å². The number of thioether (sulfide) groups is 1. The Morgan fingerprint density at radius 3 is 2.46 bits per heavy atom. The number of rotatable bonds is 12. The topological polar surface area (TPSA) is 114 Å². The van der Waals surface area contributed by atoms with Crippen molar-refractivity contribution in [1.29, 1.82) is 0 Å². The number of oxime groups is 1. The standard InChI is InChI=1S/C28H29F2N3O5S/c1-3-37-27(34)16-33(12-11-26(31)32-36)28(35)20-6-4-5-18(13-20)17-38-21-9-7-19(8-10-21)22-14-23(29)24(30)15-25(22)39-2/h4-10,13-15,36H,3,11-12,16-17H2,1-2H3,(H2,31,32). The molecular formula is C28H29F2N3O5S. The molecule has 3 N–H and O–H groups in total. The highest BCUT2D eigenvalue weighted by molar-refractivity contribution is 7.98. The monoisotopic (exact) mass is 557 g/mol. The van der Waals surface area contributed by atoms with Gasteiger partial charge in [0.15, 0.2) is 11.6 Å². The Balaban J connectivity index is 1.70. The molecule has 1 amide bonds. The molecular weight excluding hydrogens is 528 g/mol. The van der Waals surface area contributed by atoms with Crippen LogP contribution < -0.4 is 10.5 Å². The van der Waals surface area contributed by atoms with Gasteiger partial charge < -0.3 is 25.3 Å². The van der Waals surface area contributed by atoms with Crippen LogP contribution in [-0.4, -0.2) is 53.8 Å². The SMILES string of the molecule is CCOC(=O)CN(CCC(N)=NO)C(=O)c1cccc(COc2ccc(-c3cc(F)c(F)cc3SC)cc2)c1. The third-order valence-corrected chi connectivity index (χ3v) is 6.44. The van der Waals surface area contributed by atoms with Crippen molar-refractivity contribution in [2.24, 2.45) is 10.9 Å². The van der Waals surface area contributed by atoms with Crippen LogP contribution in [0.2, 0.25) is 0 Å². The summed E-state index contributed by atoms with van der Waals surface area (Å²) in [7, 11) is 0. The fraction of sp³-hybridized carbons (Fsp3) is 0.250. The smallest absolute Gasteiger partial charge is 0.325 e. The predicted molar refractivity (Wildman–Crippen MR) is 145 cm³/mol.